The second-order valence-electron chi connectivity index (χ2n) is 3.93. The van der Waals surface area contributed by atoms with Crippen molar-refractivity contribution in [3.8, 4) is 0 Å². The first-order valence-electron chi connectivity index (χ1n) is 6.05. The SMILES string of the molecule is CCOC(=O)C1=C2SC=C(CC(=O)NC)N2CCS1. The number of rotatable bonds is 4. The summed E-state index contributed by atoms with van der Waals surface area (Å²) >= 11 is 3.01. The van der Waals surface area contributed by atoms with E-state index in [4.69, 9.17) is 4.74 Å². The number of fused-ring (bicyclic) bond motifs is 1. The summed E-state index contributed by atoms with van der Waals surface area (Å²) in [5.41, 5.74) is 0.946. The lowest BCUT2D eigenvalue weighted by molar-refractivity contribution is -0.137. The van der Waals surface area contributed by atoms with E-state index in [1.807, 2.05) is 10.3 Å². The predicted molar refractivity (Wildman–Crippen MR) is 77.2 cm³/mol. The number of esters is 1. The Morgan fingerprint density at radius 1 is 1.53 bits per heavy atom. The number of carbonyl (C=O) groups excluding carboxylic acids is 2. The van der Waals surface area contributed by atoms with Gasteiger partial charge in [0.15, 0.2) is 0 Å². The van der Waals surface area contributed by atoms with Crippen molar-refractivity contribution >= 4 is 35.4 Å². The standard InChI is InChI=1S/C12H16N2O3S2/c1-3-17-12(16)10-11-14(4-5-18-10)8(7-19-11)6-9(15)13-2/h7H,3-6H2,1-2H3,(H,13,15). The van der Waals surface area contributed by atoms with Gasteiger partial charge in [0.2, 0.25) is 5.91 Å². The first-order valence-corrected chi connectivity index (χ1v) is 7.92. The Hall–Kier alpha value is -1.08. The van der Waals surface area contributed by atoms with Crippen molar-refractivity contribution in [3.05, 3.63) is 21.0 Å². The minimum absolute atomic E-state index is 0.0241. The fraction of sp³-hybridized carbons (Fsp3) is 0.500. The van der Waals surface area contributed by atoms with E-state index in [0.717, 1.165) is 23.0 Å². The predicted octanol–water partition coefficient (Wildman–Crippen LogP) is 1.49. The van der Waals surface area contributed by atoms with Crippen LogP contribution in [0, 0.1) is 0 Å². The molecule has 5 nitrogen and oxygen atoms in total. The van der Waals surface area contributed by atoms with Crippen LogP contribution in [0.5, 0.6) is 0 Å². The number of hydrogen-bond acceptors (Lipinski definition) is 6. The fourth-order valence-corrected chi connectivity index (χ4v) is 4.03. The second-order valence-corrected chi connectivity index (χ2v) is 5.90. The Kier molecular flexibility index (Phi) is 4.81. The summed E-state index contributed by atoms with van der Waals surface area (Å²) in [4.78, 5) is 26.0. The van der Waals surface area contributed by atoms with E-state index in [0.29, 0.717) is 17.9 Å². The van der Waals surface area contributed by atoms with Crippen molar-refractivity contribution in [2.24, 2.45) is 0 Å². The van der Waals surface area contributed by atoms with Gasteiger partial charge in [0.25, 0.3) is 0 Å². The van der Waals surface area contributed by atoms with Crippen LogP contribution in [0.2, 0.25) is 0 Å². The molecular formula is C12H16N2O3S2. The zero-order valence-electron chi connectivity index (χ0n) is 10.9. The van der Waals surface area contributed by atoms with Crippen molar-refractivity contribution < 1.29 is 14.3 Å². The van der Waals surface area contributed by atoms with Crippen molar-refractivity contribution in [3.63, 3.8) is 0 Å². The zero-order valence-corrected chi connectivity index (χ0v) is 12.5. The molecule has 0 saturated heterocycles. The van der Waals surface area contributed by atoms with E-state index in [1.54, 1.807) is 14.0 Å². The van der Waals surface area contributed by atoms with Crippen LogP contribution in [-0.2, 0) is 14.3 Å². The highest BCUT2D eigenvalue weighted by atomic mass is 32.2. The molecule has 1 amide bonds. The second kappa shape index (κ2) is 6.38. The monoisotopic (exact) mass is 300 g/mol. The van der Waals surface area contributed by atoms with Gasteiger partial charge < -0.3 is 15.0 Å². The molecule has 1 N–H and O–H groups in total. The Labute approximate surface area is 120 Å². The molecule has 7 heteroatoms. The van der Waals surface area contributed by atoms with Gasteiger partial charge in [0.1, 0.15) is 9.93 Å². The molecule has 0 fully saturated rings. The maximum absolute atomic E-state index is 11.9. The van der Waals surface area contributed by atoms with Gasteiger partial charge in [-0.05, 0) is 12.3 Å². The summed E-state index contributed by atoms with van der Waals surface area (Å²) in [6.45, 7) is 2.99. The van der Waals surface area contributed by atoms with E-state index < -0.39 is 0 Å². The van der Waals surface area contributed by atoms with Gasteiger partial charge in [-0.1, -0.05) is 11.8 Å². The van der Waals surface area contributed by atoms with E-state index in [1.165, 1.54) is 23.5 Å². The minimum atomic E-state index is -0.269. The molecule has 0 aromatic heterocycles. The molecule has 0 radical (unpaired) electrons. The highest BCUT2D eigenvalue weighted by molar-refractivity contribution is 8.09. The Morgan fingerprint density at radius 2 is 2.32 bits per heavy atom. The van der Waals surface area contributed by atoms with Crippen molar-refractivity contribution in [1.82, 2.24) is 10.2 Å². The number of hydrogen-bond donors (Lipinski definition) is 1. The van der Waals surface area contributed by atoms with Crippen LogP contribution in [-0.4, -0.2) is 42.7 Å². The summed E-state index contributed by atoms with van der Waals surface area (Å²) in [5.74, 6) is 0.529. The molecule has 2 rings (SSSR count). The summed E-state index contributed by atoms with van der Waals surface area (Å²) < 4.78 is 5.07. The lowest BCUT2D eigenvalue weighted by atomic mass is 10.3. The van der Waals surface area contributed by atoms with Crippen LogP contribution in [0.4, 0.5) is 0 Å². The molecule has 0 aliphatic carbocycles. The molecule has 0 bridgehead atoms. The van der Waals surface area contributed by atoms with Crippen LogP contribution in [0.15, 0.2) is 21.0 Å². The molecule has 104 valence electrons. The average Bonchev–Trinajstić information content (AvgIpc) is 2.82. The first-order chi connectivity index (χ1) is 9.17. The van der Waals surface area contributed by atoms with Crippen LogP contribution in [0.25, 0.3) is 0 Å². The van der Waals surface area contributed by atoms with Gasteiger partial charge in [-0.15, -0.1) is 11.8 Å². The molecular weight excluding hydrogens is 284 g/mol. The summed E-state index contributed by atoms with van der Waals surface area (Å²) in [7, 11) is 1.62. The molecule has 0 saturated carbocycles. The summed E-state index contributed by atoms with van der Waals surface area (Å²) in [5, 5.41) is 5.45. The molecule has 0 aromatic carbocycles. The van der Waals surface area contributed by atoms with Gasteiger partial charge in [-0.3, -0.25) is 4.79 Å². The third-order valence-electron chi connectivity index (χ3n) is 2.74. The van der Waals surface area contributed by atoms with Crippen molar-refractivity contribution in [1.29, 1.82) is 0 Å². The molecule has 0 atom stereocenters. The third kappa shape index (κ3) is 3.09. The Morgan fingerprint density at radius 3 is 3.00 bits per heavy atom. The number of nitrogens with zero attached hydrogens (tertiary/aromatic N) is 1. The quantitative estimate of drug-likeness (QED) is 0.794. The molecule has 2 aliphatic heterocycles. The highest BCUT2D eigenvalue weighted by Crippen LogP contribution is 2.44. The zero-order chi connectivity index (χ0) is 13.8. The van der Waals surface area contributed by atoms with Crippen LogP contribution in [0.1, 0.15) is 13.3 Å². The van der Waals surface area contributed by atoms with Gasteiger partial charge in [0.05, 0.1) is 13.0 Å². The maximum Gasteiger partial charge on any atom is 0.347 e. The lowest BCUT2D eigenvalue weighted by Crippen LogP contribution is -2.29. The molecule has 0 spiro atoms. The highest BCUT2D eigenvalue weighted by Gasteiger charge is 2.32. The largest absolute Gasteiger partial charge is 0.462 e. The third-order valence-corrected chi connectivity index (χ3v) is 4.94. The van der Waals surface area contributed by atoms with Gasteiger partial charge in [0, 0.05) is 25.0 Å². The normalized spacial score (nSPS) is 18.0. The average molecular weight is 300 g/mol. The number of nitrogens with one attached hydrogen (secondary N) is 1. The van der Waals surface area contributed by atoms with Crippen LogP contribution < -0.4 is 5.32 Å². The van der Waals surface area contributed by atoms with E-state index in [-0.39, 0.29) is 11.9 Å². The van der Waals surface area contributed by atoms with Crippen molar-refractivity contribution in [2.45, 2.75) is 13.3 Å². The van der Waals surface area contributed by atoms with E-state index in [2.05, 4.69) is 5.32 Å². The van der Waals surface area contributed by atoms with Gasteiger partial charge >= 0.3 is 5.97 Å². The smallest absolute Gasteiger partial charge is 0.347 e. The minimum Gasteiger partial charge on any atom is -0.462 e. The summed E-state index contributed by atoms with van der Waals surface area (Å²) in [6, 6.07) is 0. The fourth-order valence-electron chi connectivity index (χ4n) is 1.84. The van der Waals surface area contributed by atoms with E-state index >= 15 is 0 Å². The Balaban J connectivity index is 2.15. The van der Waals surface area contributed by atoms with Gasteiger partial charge in [-0.25, -0.2) is 4.79 Å². The topological polar surface area (TPSA) is 58.6 Å². The van der Waals surface area contributed by atoms with Crippen molar-refractivity contribution in [2.75, 3.05) is 26.0 Å². The Bertz CT molecular complexity index is 460. The number of amides is 1. The van der Waals surface area contributed by atoms with E-state index in [9.17, 15) is 9.59 Å². The number of carbonyl (C=O) groups is 2. The molecule has 0 unspecified atom stereocenters. The first kappa shape index (κ1) is 14.3. The lowest BCUT2D eigenvalue weighted by Gasteiger charge is -2.28. The molecule has 19 heavy (non-hydrogen) atoms. The maximum atomic E-state index is 11.9. The molecule has 2 aliphatic rings. The number of thioether (sulfide) groups is 2. The van der Waals surface area contributed by atoms with Crippen LogP contribution >= 0.6 is 23.5 Å². The van der Waals surface area contributed by atoms with Gasteiger partial charge in [-0.2, -0.15) is 0 Å². The molecule has 0 aromatic rings. The summed E-state index contributed by atoms with van der Waals surface area (Å²) in [6.07, 6.45) is 0.341. The van der Waals surface area contributed by atoms with Crippen LogP contribution in [0.3, 0.4) is 0 Å². The number of ether oxygens (including phenoxy) is 1. The molecule has 2 heterocycles.